The fourth-order valence-corrected chi connectivity index (χ4v) is 1.82. The minimum atomic E-state index is -5.17. The van der Waals surface area contributed by atoms with Crippen LogP contribution in [0, 0.1) is 0 Å². The number of benzene rings is 1. The summed E-state index contributed by atoms with van der Waals surface area (Å²) in [7, 11) is 3.42. The molecule has 0 bridgehead atoms. The molecule has 0 radical (unpaired) electrons. The molecule has 0 fully saturated rings. The smallest absolute Gasteiger partial charge is 0.471 e. The molecule has 0 saturated carbocycles. The lowest BCUT2D eigenvalue weighted by molar-refractivity contribution is -0.191. The van der Waals surface area contributed by atoms with Crippen molar-refractivity contribution < 1.29 is 37.0 Å². The van der Waals surface area contributed by atoms with Crippen molar-refractivity contribution in [3.63, 3.8) is 0 Å². The van der Waals surface area contributed by atoms with Crippen LogP contribution in [0.4, 0.5) is 13.2 Å². The van der Waals surface area contributed by atoms with Gasteiger partial charge in [-0.2, -0.15) is 13.2 Å². The van der Waals surface area contributed by atoms with Crippen molar-refractivity contribution in [1.29, 1.82) is 0 Å². The second kappa shape index (κ2) is 7.32. The van der Waals surface area contributed by atoms with Gasteiger partial charge in [0.25, 0.3) is 0 Å². The minimum Gasteiger partial charge on any atom is -0.497 e. The fraction of sp³-hybridized carbons (Fsp3) is 0.429. The number of amides is 1. The van der Waals surface area contributed by atoms with E-state index in [1.54, 1.807) is 17.4 Å². The highest BCUT2D eigenvalue weighted by molar-refractivity contribution is 5.89. The summed E-state index contributed by atoms with van der Waals surface area (Å²) >= 11 is 0. The van der Waals surface area contributed by atoms with Gasteiger partial charge in [-0.25, -0.2) is 4.79 Å². The molecule has 128 valence electrons. The molecule has 0 aliphatic rings. The van der Waals surface area contributed by atoms with Gasteiger partial charge >= 0.3 is 18.1 Å². The number of alkyl halides is 3. The molecule has 0 aliphatic heterocycles. The van der Waals surface area contributed by atoms with E-state index in [9.17, 15) is 22.8 Å². The third kappa shape index (κ3) is 4.59. The molecular formula is C14H16F3NO5. The number of ether oxygens (including phenoxy) is 3. The van der Waals surface area contributed by atoms with Crippen molar-refractivity contribution in [3.8, 4) is 5.75 Å². The van der Waals surface area contributed by atoms with E-state index in [-0.39, 0.29) is 6.42 Å². The van der Waals surface area contributed by atoms with Gasteiger partial charge in [0.2, 0.25) is 5.72 Å². The zero-order valence-electron chi connectivity index (χ0n) is 12.7. The first-order chi connectivity index (χ1) is 10.7. The molecule has 1 N–H and O–H groups in total. The van der Waals surface area contributed by atoms with Crippen molar-refractivity contribution in [2.24, 2.45) is 0 Å². The van der Waals surface area contributed by atoms with Crippen LogP contribution in [0.25, 0.3) is 0 Å². The molecule has 1 aromatic rings. The molecule has 0 aromatic heterocycles. The molecule has 6 nitrogen and oxygen atoms in total. The Labute approximate surface area is 130 Å². The third-order valence-electron chi connectivity index (χ3n) is 3.05. The molecular weight excluding hydrogens is 319 g/mol. The summed E-state index contributed by atoms with van der Waals surface area (Å²) in [4.78, 5) is 23.1. The largest absolute Gasteiger partial charge is 0.497 e. The molecule has 1 unspecified atom stereocenters. The highest BCUT2D eigenvalue weighted by Gasteiger charge is 2.48. The monoisotopic (exact) mass is 335 g/mol. The van der Waals surface area contributed by atoms with E-state index >= 15 is 0 Å². The minimum absolute atomic E-state index is 0.359. The maximum Gasteiger partial charge on any atom is 0.471 e. The van der Waals surface area contributed by atoms with Crippen LogP contribution in [0.1, 0.15) is 5.56 Å². The van der Waals surface area contributed by atoms with Crippen LogP contribution in [0.2, 0.25) is 0 Å². The first-order valence-corrected chi connectivity index (χ1v) is 6.34. The number of nitrogens with one attached hydrogen (secondary N) is 1. The Morgan fingerprint density at radius 2 is 1.65 bits per heavy atom. The van der Waals surface area contributed by atoms with Gasteiger partial charge in [-0.1, -0.05) is 12.1 Å². The highest BCUT2D eigenvalue weighted by Crippen LogP contribution is 2.22. The molecule has 0 heterocycles. The van der Waals surface area contributed by atoms with Crippen molar-refractivity contribution in [3.05, 3.63) is 29.8 Å². The maximum absolute atomic E-state index is 12.5. The molecule has 9 heteroatoms. The van der Waals surface area contributed by atoms with Gasteiger partial charge in [0.1, 0.15) is 5.75 Å². The third-order valence-corrected chi connectivity index (χ3v) is 3.05. The Balaban J connectivity index is 3.12. The van der Waals surface area contributed by atoms with Gasteiger partial charge in [-0.15, -0.1) is 0 Å². The molecule has 1 rings (SSSR count). The number of carbonyl (C=O) groups excluding carboxylic acids is 2. The second-order valence-corrected chi connectivity index (χ2v) is 4.50. The standard InChI is InChI=1S/C14H16F3NO5/c1-21-10-6-4-9(5-7-10)8-13(23-3,12(20)22-2)18-11(19)14(15,16)17/h4-7H,8H2,1-3H3,(H,18,19). The summed E-state index contributed by atoms with van der Waals surface area (Å²) < 4.78 is 51.8. The van der Waals surface area contributed by atoms with E-state index in [2.05, 4.69) is 4.74 Å². The number of hydrogen-bond acceptors (Lipinski definition) is 5. The van der Waals surface area contributed by atoms with Crippen LogP contribution >= 0.6 is 0 Å². The molecule has 0 spiro atoms. The molecule has 23 heavy (non-hydrogen) atoms. The lowest BCUT2D eigenvalue weighted by Gasteiger charge is -2.30. The van der Waals surface area contributed by atoms with Crippen molar-refractivity contribution in [2.75, 3.05) is 21.3 Å². The summed E-state index contributed by atoms with van der Waals surface area (Å²) in [6, 6.07) is 6.15. The molecule has 0 saturated heterocycles. The van der Waals surface area contributed by atoms with E-state index in [4.69, 9.17) is 9.47 Å². The lowest BCUT2D eigenvalue weighted by Crippen LogP contribution is -2.60. The number of hydrogen-bond donors (Lipinski definition) is 1. The molecule has 0 aliphatic carbocycles. The number of esters is 1. The van der Waals surface area contributed by atoms with Crippen LogP contribution in [-0.4, -0.2) is 45.1 Å². The average Bonchev–Trinajstić information content (AvgIpc) is 2.53. The Bertz CT molecular complexity index is 559. The summed E-state index contributed by atoms with van der Waals surface area (Å²) in [5.41, 5.74) is -1.86. The SMILES string of the molecule is COC(=O)C(Cc1ccc(OC)cc1)(NC(=O)C(F)(F)F)OC. The zero-order valence-corrected chi connectivity index (χ0v) is 12.7. The number of rotatable bonds is 6. The Kier molecular flexibility index (Phi) is 5.97. The van der Waals surface area contributed by atoms with Gasteiger partial charge in [0, 0.05) is 13.5 Å². The highest BCUT2D eigenvalue weighted by atomic mass is 19.4. The normalized spacial score (nSPS) is 13.8. The van der Waals surface area contributed by atoms with Crippen LogP contribution < -0.4 is 10.1 Å². The predicted molar refractivity (Wildman–Crippen MR) is 72.7 cm³/mol. The van der Waals surface area contributed by atoms with Gasteiger partial charge in [-0.05, 0) is 17.7 Å². The second-order valence-electron chi connectivity index (χ2n) is 4.50. The Hall–Kier alpha value is -2.29. The quantitative estimate of drug-likeness (QED) is 0.629. The maximum atomic E-state index is 12.5. The molecule has 1 amide bonds. The van der Waals surface area contributed by atoms with Crippen molar-refractivity contribution in [1.82, 2.24) is 5.32 Å². The van der Waals surface area contributed by atoms with E-state index in [1.807, 2.05) is 0 Å². The van der Waals surface area contributed by atoms with E-state index in [0.717, 1.165) is 14.2 Å². The van der Waals surface area contributed by atoms with Gasteiger partial charge in [0.15, 0.2) is 0 Å². The van der Waals surface area contributed by atoms with Gasteiger partial charge in [0.05, 0.1) is 14.2 Å². The molecule has 1 aromatic carbocycles. The number of carbonyl (C=O) groups is 2. The first-order valence-electron chi connectivity index (χ1n) is 6.34. The summed E-state index contributed by atoms with van der Waals surface area (Å²) in [6.45, 7) is 0. The Morgan fingerprint density at radius 3 is 2.04 bits per heavy atom. The van der Waals surface area contributed by atoms with Crippen LogP contribution in [0.15, 0.2) is 24.3 Å². The lowest BCUT2D eigenvalue weighted by atomic mass is 10.0. The first kappa shape index (κ1) is 18.8. The Morgan fingerprint density at radius 1 is 1.09 bits per heavy atom. The number of methoxy groups -OCH3 is 3. The molecule has 1 atom stereocenters. The van der Waals surface area contributed by atoms with Gasteiger partial charge < -0.3 is 19.5 Å². The van der Waals surface area contributed by atoms with E-state index < -0.39 is 23.8 Å². The van der Waals surface area contributed by atoms with Crippen molar-refractivity contribution in [2.45, 2.75) is 18.3 Å². The summed E-state index contributed by atoms with van der Waals surface area (Å²) in [5.74, 6) is -2.94. The predicted octanol–water partition coefficient (Wildman–Crippen LogP) is 1.43. The summed E-state index contributed by atoms with van der Waals surface area (Å²) in [5, 5.41) is 1.56. The van der Waals surface area contributed by atoms with E-state index in [0.29, 0.717) is 11.3 Å². The average molecular weight is 335 g/mol. The zero-order chi connectivity index (χ0) is 17.7. The van der Waals surface area contributed by atoms with Crippen LogP contribution in [0.5, 0.6) is 5.75 Å². The number of halogens is 3. The summed E-state index contributed by atoms with van der Waals surface area (Å²) in [6.07, 6.45) is -5.53. The van der Waals surface area contributed by atoms with E-state index in [1.165, 1.54) is 19.2 Å². The van der Waals surface area contributed by atoms with Crippen LogP contribution in [0.3, 0.4) is 0 Å². The van der Waals surface area contributed by atoms with Gasteiger partial charge in [-0.3, -0.25) is 4.79 Å². The topological polar surface area (TPSA) is 73.9 Å². The fourth-order valence-electron chi connectivity index (χ4n) is 1.82. The van der Waals surface area contributed by atoms with Crippen molar-refractivity contribution >= 4 is 11.9 Å². The van der Waals surface area contributed by atoms with Crippen LogP contribution in [-0.2, 0) is 25.5 Å².